The number of hydrazine groups is 1. The Labute approximate surface area is 268 Å². The largest absolute Gasteiger partial charge is 0.433 e. The number of amides is 1. The van der Waals surface area contributed by atoms with Gasteiger partial charge in [-0.3, -0.25) is 9.88 Å². The lowest BCUT2D eigenvalue weighted by atomic mass is 9.96. The van der Waals surface area contributed by atoms with Gasteiger partial charge in [-0.25, -0.2) is 24.4 Å². The predicted molar refractivity (Wildman–Crippen MR) is 167 cm³/mol. The summed E-state index contributed by atoms with van der Waals surface area (Å²) in [7, 11) is 0. The zero-order valence-corrected chi connectivity index (χ0v) is 26.6. The number of hydrogen-bond donors (Lipinski definition) is 3. The summed E-state index contributed by atoms with van der Waals surface area (Å²) >= 11 is 12.5. The number of rotatable bonds is 10. The van der Waals surface area contributed by atoms with Gasteiger partial charge in [0.05, 0.1) is 33.2 Å². The Morgan fingerprint density at radius 2 is 2.00 bits per heavy atom. The SMILES string of the molecule is Cc1nc(F)ccc1C(/C(N)=C/N(N)C1(C(F)F)CC1)N(C(=O)OCCl)c1cc(Cl)c2ncc(C#N)c(NCC(C)(C)C)c2c1. The van der Waals surface area contributed by atoms with Crippen molar-refractivity contribution >= 4 is 51.6 Å². The monoisotopic (exact) mass is 664 g/mol. The molecule has 1 aliphatic rings. The maximum absolute atomic E-state index is 14.1. The van der Waals surface area contributed by atoms with Gasteiger partial charge in [0.25, 0.3) is 6.43 Å². The highest BCUT2D eigenvalue weighted by molar-refractivity contribution is 6.36. The van der Waals surface area contributed by atoms with Crippen LogP contribution in [0.1, 0.15) is 56.5 Å². The maximum Gasteiger partial charge on any atom is 0.416 e. The van der Waals surface area contributed by atoms with Crippen molar-refractivity contribution in [1.29, 1.82) is 5.26 Å². The van der Waals surface area contributed by atoms with Gasteiger partial charge in [-0.15, -0.1) is 0 Å². The van der Waals surface area contributed by atoms with Crippen molar-refractivity contribution in [2.75, 3.05) is 22.8 Å². The van der Waals surface area contributed by atoms with E-state index >= 15 is 0 Å². The van der Waals surface area contributed by atoms with E-state index in [1.54, 1.807) is 6.07 Å². The Bertz CT molecular complexity index is 1670. The van der Waals surface area contributed by atoms with Crippen LogP contribution in [-0.2, 0) is 4.74 Å². The summed E-state index contributed by atoms with van der Waals surface area (Å²) in [4.78, 5) is 23.0. The fourth-order valence-electron chi connectivity index (χ4n) is 4.86. The number of nitrogens with zero attached hydrogens (tertiary/aromatic N) is 5. The molecule has 0 aliphatic heterocycles. The first-order valence-corrected chi connectivity index (χ1v) is 14.8. The van der Waals surface area contributed by atoms with E-state index in [9.17, 15) is 23.2 Å². The summed E-state index contributed by atoms with van der Waals surface area (Å²) in [5, 5.41) is 14.5. The van der Waals surface area contributed by atoms with Crippen LogP contribution in [0, 0.1) is 29.6 Å². The molecule has 240 valence electrons. The van der Waals surface area contributed by atoms with Gasteiger partial charge in [-0.1, -0.05) is 50.0 Å². The second kappa shape index (κ2) is 13.2. The third-order valence-electron chi connectivity index (χ3n) is 7.41. The molecule has 2 heterocycles. The zero-order valence-electron chi connectivity index (χ0n) is 25.0. The summed E-state index contributed by atoms with van der Waals surface area (Å²) in [6.45, 7) is 8.00. The van der Waals surface area contributed by atoms with Crippen LogP contribution in [0.25, 0.3) is 10.9 Å². The number of aromatic nitrogens is 2. The molecule has 10 nitrogen and oxygen atoms in total. The van der Waals surface area contributed by atoms with Gasteiger partial charge < -0.3 is 20.8 Å². The summed E-state index contributed by atoms with van der Waals surface area (Å²) in [5.41, 5.74) is 6.08. The molecule has 45 heavy (non-hydrogen) atoms. The van der Waals surface area contributed by atoms with E-state index in [4.69, 9.17) is 39.5 Å². The quantitative estimate of drug-likeness (QED) is 0.0930. The molecule has 0 spiro atoms. The second-order valence-electron chi connectivity index (χ2n) is 11.9. The zero-order chi connectivity index (χ0) is 33.3. The maximum atomic E-state index is 14.1. The molecule has 4 rings (SSSR count). The van der Waals surface area contributed by atoms with E-state index in [2.05, 4.69) is 21.4 Å². The van der Waals surface area contributed by atoms with Crippen LogP contribution in [0.5, 0.6) is 0 Å². The molecular weight excluding hydrogens is 632 g/mol. The number of ether oxygens (including phenoxy) is 1. The van der Waals surface area contributed by atoms with Crippen LogP contribution in [0.3, 0.4) is 0 Å². The molecule has 3 aromatic rings. The van der Waals surface area contributed by atoms with Crippen LogP contribution >= 0.6 is 23.2 Å². The van der Waals surface area contributed by atoms with E-state index in [1.165, 1.54) is 25.3 Å². The van der Waals surface area contributed by atoms with Crippen molar-refractivity contribution in [2.24, 2.45) is 17.0 Å². The normalized spacial score (nSPS) is 15.0. The number of carbonyl (C=O) groups excluding carboxylic acids is 1. The van der Waals surface area contributed by atoms with Gasteiger partial charge >= 0.3 is 6.09 Å². The average Bonchev–Trinajstić information content (AvgIpc) is 3.77. The highest BCUT2D eigenvalue weighted by Gasteiger charge is 2.55. The van der Waals surface area contributed by atoms with Crippen molar-refractivity contribution in [3.8, 4) is 6.07 Å². The topological polar surface area (TPSA) is 146 Å². The lowest BCUT2D eigenvalue weighted by Crippen LogP contribution is -2.46. The number of nitrogens with two attached hydrogens (primary N) is 2. The lowest BCUT2D eigenvalue weighted by Gasteiger charge is -2.34. The molecule has 2 aromatic heterocycles. The minimum Gasteiger partial charge on any atom is -0.433 e. The molecule has 0 bridgehead atoms. The van der Waals surface area contributed by atoms with E-state index in [0.29, 0.717) is 23.1 Å². The second-order valence-corrected chi connectivity index (χ2v) is 12.6. The highest BCUT2D eigenvalue weighted by atomic mass is 35.5. The van der Waals surface area contributed by atoms with E-state index < -0.39 is 36.1 Å². The predicted octanol–water partition coefficient (Wildman–Crippen LogP) is 6.71. The number of nitrogens with one attached hydrogen (secondary N) is 1. The third kappa shape index (κ3) is 7.13. The average molecular weight is 666 g/mol. The molecule has 1 fully saturated rings. The van der Waals surface area contributed by atoms with Gasteiger partial charge in [0.15, 0.2) is 6.07 Å². The molecule has 5 N–H and O–H groups in total. The van der Waals surface area contributed by atoms with Gasteiger partial charge in [-0.2, -0.15) is 9.65 Å². The number of benzene rings is 1. The molecule has 0 radical (unpaired) electrons. The van der Waals surface area contributed by atoms with Crippen LogP contribution in [0.15, 0.2) is 42.4 Å². The van der Waals surface area contributed by atoms with E-state index in [-0.39, 0.29) is 51.5 Å². The molecule has 1 unspecified atom stereocenters. The van der Waals surface area contributed by atoms with Gasteiger partial charge in [0, 0.05) is 35.6 Å². The minimum atomic E-state index is -2.77. The fraction of sp³-hybridized carbons (Fsp3) is 0.400. The van der Waals surface area contributed by atoms with E-state index in [0.717, 1.165) is 22.2 Å². The highest BCUT2D eigenvalue weighted by Crippen LogP contribution is 2.46. The number of nitriles is 1. The van der Waals surface area contributed by atoms with Gasteiger partial charge in [0.1, 0.15) is 17.6 Å². The Morgan fingerprint density at radius 1 is 1.31 bits per heavy atom. The summed E-state index contributed by atoms with van der Waals surface area (Å²) in [6, 6.07) is 5.67. The third-order valence-corrected chi connectivity index (χ3v) is 7.81. The molecule has 15 heteroatoms. The Balaban J connectivity index is 1.99. The number of pyridine rings is 2. The smallest absolute Gasteiger partial charge is 0.416 e. The Morgan fingerprint density at radius 3 is 2.56 bits per heavy atom. The van der Waals surface area contributed by atoms with Crippen molar-refractivity contribution in [2.45, 2.75) is 58.5 Å². The van der Waals surface area contributed by atoms with Gasteiger partial charge in [0.2, 0.25) is 5.95 Å². The first-order valence-electron chi connectivity index (χ1n) is 13.8. The van der Waals surface area contributed by atoms with Crippen LogP contribution < -0.4 is 21.8 Å². The fourth-order valence-corrected chi connectivity index (χ4v) is 5.22. The summed E-state index contributed by atoms with van der Waals surface area (Å²) < 4.78 is 47.1. The number of anilines is 2. The van der Waals surface area contributed by atoms with Crippen molar-refractivity contribution < 1.29 is 22.7 Å². The number of halogens is 5. The van der Waals surface area contributed by atoms with Crippen molar-refractivity contribution in [1.82, 2.24) is 15.0 Å². The number of alkyl halides is 3. The molecule has 1 atom stereocenters. The molecule has 1 aromatic carbocycles. The van der Waals surface area contributed by atoms with Crippen LogP contribution in [0.4, 0.5) is 29.3 Å². The van der Waals surface area contributed by atoms with Crippen LogP contribution in [-0.4, -0.2) is 45.6 Å². The standard InChI is InChI=1S/C30H33Cl2F3N8O2/c1-16-19(5-6-23(33)41-16)26(22(37)13-42(38)30(7-8-30)27(34)35)43(28(44)45-15-31)18-9-20-24(40-14-29(2,3)4)17(11-36)12-39-25(20)21(32)10-18/h5-6,9-10,12-13,26-27H,7-8,14-15,37-38H2,1-4H3,(H,39,40)/b22-13-. The van der Waals surface area contributed by atoms with E-state index in [1.807, 2.05) is 20.8 Å². The summed E-state index contributed by atoms with van der Waals surface area (Å²) in [6.07, 6.45) is -1.01. The first-order chi connectivity index (χ1) is 21.1. The lowest BCUT2D eigenvalue weighted by molar-refractivity contribution is 0.0304. The number of aryl methyl sites for hydroxylation is 1. The van der Waals surface area contributed by atoms with Crippen molar-refractivity contribution in [3.63, 3.8) is 0 Å². The number of carbonyl (C=O) groups is 1. The van der Waals surface area contributed by atoms with Crippen LogP contribution in [0.2, 0.25) is 5.02 Å². The van der Waals surface area contributed by atoms with Gasteiger partial charge in [-0.05, 0) is 43.4 Å². The molecule has 1 amide bonds. The molecule has 0 saturated heterocycles. The number of hydrogen-bond acceptors (Lipinski definition) is 9. The molecule has 1 saturated carbocycles. The van der Waals surface area contributed by atoms with Crippen molar-refractivity contribution in [3.05, 3.63) is 70.2 Å². The Hall–Kier alpha value is -3.99. The first kappa shape index (κ1) is 33.9. The molecule has 1 aliphatic carbocycles. The Kier molecular flexibility index (Phi) is 9.91. The number of fused-ring (bicyclic) bond motifs is 1. The molecular formula is C30H33Cl2F3N8O2. The minimum absolute atomic E-state index is 0.111. The summed E-state index contributed by atoms with van der Waals surface area (Å²) in [5.74, 6) is 5.29.